The zero-order valence-electron chi connectivity index (χ0n) is 28.6. The van der Waals surface area contributed by atoms with Crippen molar-refractivity contribution in [2.24, 2.45) is 11.8 Å². The molecule has 4 rings (SSSR count). The van der Waals surface area contributed by atoms with E-state index in [0.717, 1.165) is 70.6 Å². The van der Waals surface area contributed by atoms with Crippen LogP contribution in [0, 0.1) is 11.8 Å². The number of carbonyl (C=O) groups excluding carboxylic acids is 3. The molecule has 4 amide bonds. The Morgan fingerprint density at radius 2 is 1.67 bits per heavy atom. The molecule has 2 saturated carbocycles. The van der Waals surface area contributed by atoms with E-state index in [1.807, 2.05) is 26.8 Å². The third kappa shape index (κ3) is 10.3. The highest BCUT2D eigenvalue weighted by Gasteiger charge is 2.31. The summed E-state index contributed by atoms with van der Waals surface area (Å²) in [6.07, 6.45) is 12.7. The Labute approximate surface area is 275 Å². The van der Waals surface area contributed by atoms with E-state index in [0.29, 0.717) is 36.7 Å². The summed E-state index contributed by atoms with van der Waals surface area (Å²) in [5.74, 6) is 0.0425. The summed E-state index contributed by atoms with van der Waals surface area (Å²) in [7, 11) is 1.80. The summed E-state index contributed by atoms with van der Waals surface area (Å²) >= 11 is 0. The fourth-order valence-electron chi connectivity index (χ4n) is 6.96. The first-order valence-electron chi connectivity index (χ1n) is 17.8. The van der Waals surface area contributed by atoms with Crippen molar-refractivity contribution in [1.29, 1.82) is 0 Å². The summed E-state index contributed by atoms with van der Waals surface area (Å²) in [6, 6.07) is 4.96. The van der Waals surface area contributed by atoms with Gasteiger partial charge in [0.15, 0.2) is 0 Å². The minimum Gasteiger partial charge on any atom is -0.490 e. The van der Waals surface area contributed by atoms with Crippen LogP contribution in [0.4, 0.5) is 10.5 Å². The monoisotopic (exact) mass is 642 g/mol. The summed E-state index contributed by atoms with van der Waals surface area (Å²) in [4.78, 5) is 43.9. The van der Waals surface area contributed by atoms with Crippen molar-refractivity contribution in [1.82, 2.24) is 15.1 Å². The van der Waals surface area contributed by atoms with Crippen LogP contribution in [-0.2, 0) is 9.53 Å². The number of benzene rings is 1. The van der Waals surface area contributed by atoms with Crippen molar-refractivity contribution in [3.63, 3.8) is 0 Å². The summed E-state index contributed by atoms with van der Waals surface area (Å²) in [6.45, 7) is 6.90. The van der Waals surface area contributed by atoms with Crippen molar-refractivity contribution in [3.05, 3.63) is 23.8 Å². The number of urea groups is 1. The molecule has 1 aromatic carbocycles. The highest BCUT2D eigenvalue weighted by molar-refractivity contribution is 6.00. The number of aliphatic hydroxyl groups excluding tert-OH is 1. The Morgan fingerprint density at radius 3 is 2.37 bits per heavy atom. The molecule has 2 aliphatic carbocycles. The predicted octanol–water partition coefficient (Wildman–Crippen LogP) is 5.98. The van der Waals surface area contributed by atoms with Crippen molar-refractivity contribution >= 4 is 23.5 Å². The van der Waals surface area contributed by atoms with Gasteiger partial charge in [0.05, 0.1) is 30.4 Å². The van der Waals surface area contributed by atoms with Crippen LogP contribution in [0.5, 0.6) is 5.75 Å². The van der Waals surface area contributed by atoms with Gasteiger partial charge in [-0.1, -0.05) is 45.4 Å². The van der Waals surface area contributed by atoms with Gasteiger partial charge in [-0.2, -0.15) is 0 Å². The third-order valence-electron chi connectivity index (χ3n) is 10.0. The Morgan fingerprint density at radius 1 is 1.00 bits per heavy atom. The third-order valence-corrected chi connectivity index (χ3v) is 10.0. The molecule has 1 heterocycles. The highest BCUT2D eigenvalue weighted by atomic mass is 16.5. The molecule has 1 aromatic rings. The van der Waals surface area contributed by atoms with Gasteiger partial charge in [0, 0.05) is 50.3 Å². The lowest BCUT2D eigenvalue weighted by Gasteiger charge is -2.36. The van der Waals surface area contributed by atoms with Crippen LogP contribution >= 0.6 is 0 Å². The normalized spacial score (nSPS) is 25.0. The van der Waals surface area contributed by atoms with Gasteiger partial charge in [0.2, 0.25) is 5.91 Å². The first kappa shape index (κ1) is 36.0. The van der Waals surface area contributed by atoms with Crippen LogP contribution in [0.1, 0.15) is 115 Å². The molecule has 0 spiro atoms. The molecule has 1 aliphatic heterocycles. The van der Waals surface area contributed by atoms with Crippen molar-refractivity contribution in [2.75, 3.05) is 38.7 Å². The number of fused-ring (bicyclic) bond motifs is 1. The van der Waals surface area contributed by atoms with Gasteiger partial charge >= 0.3 is 6.03 Å². The molecule has 0 unspecified atom stereocenters. The zero-order valence-corrected chi connectivity index (χ0v) is 28.6. The molecule has 10 heteroatoms. The van der Waals surface area contributed by atoms with Crippen molar-refractivity contribution in [2.45, 2.75) is 129 Å². The second-order valence-corrected chi connectivity index (χ2v) is 14.0. The molecule has 3 N–H and O–H groups in total. The lowest BCUT2D eigenvalue weighted by Crippen LogP contribution is -2.50. The van der Waals surface area contributed by atoms with Gasteiger partial charge in [-0.3, -0.25) is 9.59 Å². The van der Waals surface area contributed by atoms with E-state index in [-0.39, 0.29) is 54.5 Å². The fourth-order valence-corrected chi connectivity index (χ4v) is 6.96. The molecular formula is C36H58N4O6. The number of anilines is 1. The Hall–Kier alpha value is -2.85. The maximum atomic E-state index is 14.4. The van der Waals surface area contributed by atoms with E-state index in [1.54, 1.807) is 29.0 Å². The first-order valence-corrected chi connectivity index (χ1v) is 17.8. The molecule has 10 nitrogen and oxygen atoms in total. The minimum absolute atomic E-state index is 0.00637. The summed E-state index contributed by atoms with van der Waals surface area (Å²) in [5, 5.41) is 16.5. The van der Waals surface area contributed by atoms with E-state index in [9.17, 15) is 19.5 Å². The highest BCUT2D eigenvalue weighted by Crippen LogP contribution is 2.30. The van der Waals surface area contributed by atoms with E-state index in [4.69, 9.17) is 9.47 Å². The van der Waals surface area contributed by atoms with Gasteiger partial charge in [-0.15, -0.1) is 0 Å². The molecule has 46 heavy (non-hydrogen) atoms. The van der Waals surface area contributed by atoms with Gasteiger partial charge in [-0.05, 0) is 77.0 Å². The maximum absolute atomic E-state index is 14.4. The molecule has 2 fully saturated rings. The number of ether oxygens (including phenoxy) is 2. The standard InChI is InChI=1S/C36H58N4O6/c1-25-22-40(26(2)24-41)35(43)31-21-30(37-34(42)28-14-7-5-8-15-28)18-19-32(31)46-27(3)13-11-12-20-45-33(25)23-39(4)36(44)38-29-16-9-6-10-17-29/h18-19,21,25-29,33,41H,5-17,20,22-24H2,1-4H3,(H,37,42)(H,38,44)/t25-,26+,27+,33+/m0/s1. The summed E-state index contributed by atoms with van der Waals surface area (Å²) < 4.78 is 12.7. The number of likely N-dealkylation sites (N-methyl/N-ethyl adjacent to an activating group) is 1. The SMILES string of the molecule is C[C@@H]1CCCCO[C@H](CN(C)C(=O)NC2CCCCC2)[C@@H](C)CN([C@H](C)CO)C(=O)c2cc(NC(=O)C3CCCCC3)ccc2O1. The average Bonchev–Trinajstić information content (AvgIpc) is 3.06. The lowest BCUT2D eigenvalue weighted by molar-refractivity contribution is -0.120. The predicted molar refractivity (Wildman–Crippen MR) is 180 cm³/mol. The van der Waals surface area contributed by atoms with Gasteiger partial charge in [0.25, 0.3) is 5.91 Å². The number of nitrogens with one attached hydrogen (secondary N) is 2. The lowest BCUT2D eigenvalue weighted by atomic mass is 9.88. The molecule has 0 radical (unpaired) electrons. The Balaban J connectivity index is 1.56. The largest absolute Gasteiger partial charge is 0.490 e. The second kappa shape index (κ2) is 17.9. The van der Waals surface area contributed by atoms with Crippen LogP contribution in [0.2, 0.25) is 0 Å². The topological polar surface area (TPSA) is 120 Å². The first-order chi connectivity index (χ1) is 22.2. The number of hydrogen-bond acceptors (Lipinski definition) is 6. The van der Waals surface area contributed by atoms with E-state index in [2.05, 4.69) is 10.6 Å². The minimum atomic E-state index is -0.471. The van der Waals surface area contributed by atoms with Crippen molar-refractivity contribution < 1.29 is 29.0 Å². The molecule has 258 valence electrons. The molecule has 4 atom stereocenters. The molecule has 3 aliphatic rings. The number of hydrogen-bond donors (Lipinski definition) is 3. The molecule has 0 saturated heterocycles. The van der Waals surface area contributed by atoms with Crippen LogP contribution in [0.25, 0.3) is 0 Å². The number of carbonyl (C=O) groups is 3. The van der Waals surface area contributed by atoms with Crippen LogP contribution in [0.15, 0.2) is 18.2 Å². The molecule has 0 bridgehead atoms. The van der Waals surface area contributed by atoms with Gasteiger partial charge < -0.3 is 35.0 Å². The summed E-state index contributed by atoms with van der Waals surface area (Å²) in [5.41, 5.74) is 0.927. The van der Waals surface area contributed by atoms with Gasteiger partial charge in [0.1, 0.15) is 5.75 Å². The Kier molecular flexibility index (Phi) is 14.0. The number of aliphatic hydroxyl groups is 1. The molecular weight excluding hydrogens is 584 g/mol. The van der Waals surface area contributed by atoms with E-state index in [1.165, 1.54) is 12.8 Å². The number of rotatable bonds is 7. The fraction of sp³-hybridized carbons (Fsp3) is 0.750. The van der Waals surface area contributed by atoms with E-state index >= 15 is 0 Å². The smallest absolute Gasteiger partial charge is 0.317 e. The average molecular weight is 643 g/mol. The number of amides is 4. The maximum Gasteiger partial charge on any atom is 0.317 e. The van der Waals surface area contributed by atoms with Crippen LogP contribution < -0.4 is 15.4 Å². The van der Waals surface area contributed by atoms with Crippen LogP contribution in [-0.4, -0.2) is 90.4 Å². The quantitative estimate of drug-likeness (QED) is 0.337. The van der Waals surface area contributed by atoms with Crippen molar-refractivity contribution in [3.8, 4) is 5.75 Å². The Bertz CT molecular complexity index is 1140. The second-order valence-electron chi connectivity index (χ2n) is 14.0. The van der Waals surface area contributed by atoms with E-state index < -0.39 is 6.04 Å². The number of nitrogens with zero attached hydrogens (tertiary/aromatic N) is 2. The molecule has 0 aromatic heterocycles. The zero-order chi connectivity index (χ0) is 33.1. The van der Waals surface area contributed by atoms with Gasteiger partial charge in [-0.25, -0.2) is 4.79 Å². The van der Waals surface area contributed by atoms with Crippen LogP contribution in [0.3, 0.4) is 0 Å².